The highest BCUT2D eigenvalue weighted by Gasteiger charge is 2.36. The standard InChI is InChI=1S/C4H4F3N2/c5-4(6,7)3-1-8-2-9-3/h1,8H,2H2. The number of nitrogens with zero attached hydrogens (tertiary/aromatic N) is 1. The van der Waals surface area contributed by atoms with Crippen molar-refractivity contribution in [3.63, 3.8) is 0 Å². The molecule has 0 aromatic heterocycles. The first-order valence-corrected chi connectivity index (χ1v) is 2.29. The van der Waals surface area contributed by atoms with Crippen LogP contribution in [0.15, 0.2) is 4.99 Å². The topological polar surface area (TPSA) is 24.4 Å². The smallest absolute Gasteiger partial charge is 0.288 e. The van der Waals surface area contributed by atoms with Gasteiger partial charge in [0.2, 0.25) is 0 Å². The molecular formula is C4H4F3N2. The molecule has 1 heterocycles. The van der Waals surface area contributed by atoms with Crippen LogP contribution < -0.4 is 5.32 Å². The maximum absolute atomic E-state index is 11.6. The molecule has 0 aromatic rings. The Balaban J connectivity index is 2.61. The van der Waals surface area contributed by atoms with Crippen molar-refractivity contribution in [3.05, 3.63) is 6.54 Å². The predicted octanol–water partition coefficient (Wildman–Crippen LogP) is 0.712. The molecule has 0 aliphatic carbocycles. The van der Waals surface area contributed by atoms with Crippen LogP contribution in [0.1, 0.15) is 0 Å². The lowest BCUT2D eigenvalue weighted by Crippen LogP contribution is -2.23. The van der Waals surface area contributed by atoms with Gasteiger partial charge in [-0.1, -0.05) is 0 Å². The van der Waals surface area contributed by atoms with Crippen molar-refractivity contribution in [2.45, 2.75) is 6.18 Å². The summed E-state index contributed by atoms with van der Waals surface area (Å²) in [4.78, 5) is 3.13. The summed E-state index contributed by atoms with van der Waals surface area (Å²) < 4.78 is 34.7. The van der Waals surface area contributed by atoms with Crippen LogP contribution in [-0.2, 0) is 0 Å². The van der Waals surface area contributed by atoms with Crippen molar-refractivity contribution in [1.82, 2.24) is 5.32 Å². The van der Waals surface area contributed by atoms with E-state index in [-0.39, 0.29) is 6.67 Å². The lowest BCUT2D eigenvalue weighted by molar-refractivity contribution is -0.0582. The van der Waals surface area contributed by atoms with Crippen molar-refractivity contribution >= 4 is 5.71 Å². The van der Waals surface area contributed by atoms with Crippen molar-refractivity contribution < 1.29 is 13.2 Å². The molecule has 0 fully saturated rings. The fourth-order valence-electron chi connectivity index (χ4n) is 0.490. The quantitative estimate of drug-likeness (QED) is 0.522. The number of alkyl halides is 3. The molecule has 9 heavy (non-hydrogen) atoms. The van der Waals surface area contributed by atoms with Gasteiger partial charge in [-0.15, -0.1) is 0 Å². The number of aliphatic imine (C=N–C) groups is 1. The Kier molecular flexibility index (Phi) is 1.44. The number of rotatable bonds is 0. The van der Waals surface area contributed by atoms with Crippen LogP contribution in [0.4, 0.5) is 13.2 Å². The Morgan fingerprint density at radius 2 is 2.22 bits per heavy atom. The first-order chi connectivity index (χ1) is 4.11. The molecule has 1 radical (unpaired) electrons. The Hall–Kier alpha value is -0.580. The van der Waals surface area contributed by atoms with E-state index < -0.39 is 11.9 Å². The van der Waals surface area contributed by atoms with Gasteiger partial charge in [-0.3, -0.25) is 10.3 Å². The highest BCUT2D eigenvalue weighted by Crippen LogP contribution is 2.19. The zero-order valence-corrected chi connectivity index (χ0v) is 4.37. The van der Waals surface area contributed by atoms with E-state index in [1.165, 1.54) is 0 Å². The number of hydrogen-bond acceptors (Lipinski definition) is 2. The van der Waals surface area contributed by atoms with Gasteiger partial charge in [0.1, 0.15) is 5.71 Å². The van der Waals surface area contributed by atoms with E-state index in [2.05, 4.69) is 10.3 Å². The minimum atomic E-state index is -4.29. The van der Waals surface area contributed by atoms with Crippen molar-refractivity contribution in [2.24, 2.45) is 4.99 Å². The number of hydrogen-bond donors (Lipinski definition) is 1. The summed E-state index contributed by atoms with van der Waals surface area (Å²) in [6.07, 6.45) is -4.29. The normalized spacial score (nSPS) is 20.1. The predicted molar refractivity (Wildman–Crippen MR) is 25.8 cm³/mol. The minimum absolute atomic E-state index is 0.0366. The summed E-state index contributed by atoms with van der Waals surface area (Å²) >= 11 is 0. The van der Waals surface area contributed by atoms with Gasteiger partial charge in [0.05, 0.1) is 13.2 Å². The molecule has 0 atom stereocenters. The summed E-state index contributed by atoms with van der Waals surface area (Å²) in [5.41, 5.74) is -0.831. The average Bonchev–Trinajstić information content (AvgIpc) is 2.08. The molecule has 1 N–H and O–H groups in total. The van der Waals surface area contributed by atoms with Gasteiger partial charge >= 0.3 is 6.18 Å². The summed E-state index contributed by atoms with van der Waals surface area (Å²) in [5, 5.41) is 2.33. The Morgan fingerprint density at radius 3 is 2.44 bits per heavy atom. The first kappa shape index (κ1) is 6.54. The van der Waals surface area contributed by atoms with E-state index in [4.69, 9.17) is 0 Å². The molecule has 0 saturated carbocycles. The first-order valence-electron chi connectivity index (χ1n) is 2.29. The molecule has 1 aliphatic heterocycles. The maximum atomic E-state index is 11.6. The second kappa shape index (κ2) is 1.98. The Bertz CT molecular complexity index is 137. The van der Waals surface area contributed by atoms with E-state index in [0.717, 1.165) is 6.54 Å². The zero-order valence-electron chi connectivity index (χ0n) is 4.37. The lowest BCUT2D eigenvalue weighted by Gasteiger charge is -2.02. The largest absolute Gasteiger partial charge is 0.430 e. The van der Waals surface area contributed by atoms with Crippen molar-refractivity contribution in [1.29, 1.82) is 0 Å². The van der Waals surface area contributed by atoms with Crippen LogP contribution in [-0.4, -0.2) is 18.6 Å². The third kappa shape index (κ3) is 1.41. The molecule has 2 nitrogen and oxygen atoms in total. The van der Waals surface area contributed by atoms with Gasteiger partial charge in [-0.05, 0) is 0 Å². The zero-order chi connectivity index (χ0) is 6.91. The summed E-state index contributed by atoms with van der Waals surface area (Å²) in [6.45, 7) is 0.898. The maximum Gasteiger partial charge on any atom is 0.430 e. The van der Waals surface area contributed by atoms with E-state index in [1.54, 1.807) is 0 Å². The molecule has 5 heteroatoms. The Morgan fingerprint density at radius 1 is 1.56 bits per heavy atom. The van der Waals surface area contributed by atoms with Crippen LogP contribution in [0.25, 0.3) is 0 Å². The molecule has 51 valence electrons. The SMILES string of the molecule is FC(F)(F)C1=NCN[CH]1. The fourth-order valence-corrected chi connectivity index (χ4v) is 0.490. The van der Waals surface area contributed by atoms with E-state index in [1.807, 2.05) is 0 Å². The van der Waals surface area contributed by atoms with Gasteiger partial charge in [0.15, 0.2) is 0 Å². The third-order valence-corrected chi connectivity index (χ3v) is 0.870. The van der Waals surface area contributed by atoms with Gasteiger partial charge in [0.25, 0.3) is 0 Å². The third-order valence-electron chi connectivity index (χ3n) is 0.870. The number of nitrogens with one attached hydrogen (secondary N) is 1. The highest BCUT2D eigenvalue weighted by atomic mass is 19.4. The Labute approximate surface area is 49.8 Å². The highest BCUT2D eigenvalue weighted by molar-refractivity contribution is 5.97. The molecule has 0 bridgehead atoms. The lowest BCUT2D eigenvalue weighted by atomic mass is 10.4. The summed E-state index contributed by atoms with van der Waals surface area (Å²) in [6, 6.07) is 0. The van der Waals surface area contributed by atoms with Crippen LogP contribution in [0.2, 0.25) is 0 Å². The van der Waals surface area contributed by atoms with Gasteiger partial charge in [-0.25, -0.2) is 0 Å². The molecule has 0 spiro atoms. The summed E-state index contributed by atoms with van der Waals surface area (Å²) in [5.74, 6) is 0. The second-order valence-corrected chi connectivity index (χ2v) is 1.55. The molecule has 1 rings (SSSR count). The molecule has 0 amide bonds. The second-order valence-electron chi connectivity index (χ2n) is 1.55. The monoisotopic (exact) mass is 137 g/mol. The van der Waals surface area contributed by atoms with Gasteiger partial charge < -0.3 is 0 Å². The molecular weight excluding hydrogens is 133 g/mol. The van der Waals surface area contributed by atoms with E-state index in [0.29, 0.717) is 0 Å². The van der Waals surface area contributed by atoms with E-state index >= 15 is 0 Å². The van der Waals surface area contributed by atoms with Crippen molar-refractivity contribution in [2.75, 3.05) is 6.67 Å². The molecule has 1 aliphatic rings. The molecule has 0 saturated heterocycles. The van der Waals surface area contributed by atoms with Gasteiger partial charge in [0, 0.05) is 0 Å². The van der Waals surface area contributed by atoms with Crippen LogP contribution in [0, 0.1) is 6.54 Å². The van der Waals surface area contributed by atoms with Crippen LogP contribution >= 0.6 is 0 Å². The van der Waals surface area contributed by atoms with Crippen LogP contribution in [0.5, 0.6) is 0 Å². The van der Waals surface area contributed by atoms with Crippen LogP contribution in [0.3, 0.4) is 0 Å². The molecule has 0 aromatic carbocycles. The van der Waals surface area contributed by atoms with Crippen molar-refractivity contribution in [3.8, 4) is 0 Å². The summed E-state index contributed by atoms with van der Waals surface area (Å²) in [7, 11) is 0. The number of halogens is 3. The average molecular weight is 137 g/mol. The van der Waals surface area contributed by atoms with Gasteiger partial charge in [-0.2, -0.15) is 13.2 Å². The van der Waals surface area contributed by atoms with E-state index in [9.17, 15) is 13.2 Å². The molecule has 0 unspecified atom stereocenters. The fraction of sp³-hybridized carbons (Fsp3) is 0.500. The minimum Gasteiger partial charge on any atom is -0.288 e.